The van der Waals surface area contributed by atoms with Gasteiger partial charge < -0.3 is 38.5 Å². The zero-order valence-corrected chi connectivity index (χ0v) is 21.1. The summed E-state index contributed by atoms with van der Waals surface area (Å²) >= 11 is 0. The van der Waals surface area contributed by atoms with E-state index in [1.807, 2.05) is 24.3 Å². The van der Waals surface area contributed by atoms with Crippen LogP contribution >= 0.6 is 0 Å². The van der Waals surface area contributed by atoms with E-state index < -0.39 is 28.7 Å². The number of esters is 1. The number of carbonyl (C=O) groups is 1. The number of hydrogen-bond acceptors (Lipinski definition) is 10. The van der Waals surface area contributed by atoms with Crippen LogP contribution in [0.3, 0.4) is 0 Å². The Bertz CT molecular complexity index is 1440. The zero-order chi connectivity index (χ0) is 26.7. The third-order valence-electron chi connectivity index (χ3n) is 7.62. The summed E-state index contributed by atoms with van der Waals surface area (Å²) in [6, 6.07) is 6.72. The van der Waals surface area contributed by atoms with Gasteiger partial charge in [-0.15, -0.1) is 0 Å². The second kappa shape index (κ2) is 8.82. The Balaban J connectivity index is 1.64. The normalized spacial score (nSPS) is 22.9. The molecule has 4 atom stereocenters. The molecule has 1 aliphatic carbocycles. The number of imidazole rings is 1. The van der Waals surface area contributed by atoms with Gasteiger partial charge in [-0.3, -0.25) is 4.79 Å². The number of hydrogen-bond donors (Lipinski definition) is 0. The first-order chi connectivity index (χ1) is 18.4. The molecule has 38 heavy (non-hydrogen) atoms. The van der Waals surface area contributed by atoms with Crippen molar-refractivity contribution in [3.8, 4) is 28.7 Å². The highest BCUT2D eigenvalue weighted by Crippen LogP contribution is 2.57. The Kier molecular flexibility index (Phi) is 5.55. The van der Waals surface area contributed by atoms with E-state index >= 15 is 0 Å². The van der Waals surface area contributed by atoms with Gasteiger partial charge in [0.25, 0.3) is 0 Å². The van der Waals surface area contributed by atoms with Gasteiger partial charge in [-0.05, 0) is 40.3 Å². The molecule has 2 aromatic carbocycles. The summed E-state index contributed by atoms with van der Waals surface area (Å²) in [6.07, 6.45) is 1.24. The first-order valence-corrected chi connectivity index (χ1v) is 12.0. The lowest BCUT2D eigenvalue weighted by atomic mass is 9.65. The Morgan fingerprint density at radius 1 is 1.00 bits per heavy atom. The quantitative estimate of drug-likeness (QED) is 0.269. The lowest BCUT2D eigenvalue weighted by Gasteiger charge is -2.38. The summed E-state index contributed by atoms with van der Waals surface area (Å²) in [5, 5.41) is 12.0. The lowest BCUT2D eigenvalue weighted by Crippen LogP contribution is -2.38. The molecule has 198 valence electrons. The number of fused-ring (bicyclic) bond motifs is 3. The number of carbonyl (C=O) groups excluding carboxylic acids is 1. The van der Waals surface area contributed by atoms with E-state index in [1.165, 1.54) is 27.5 Å². The molecule has 0 radical (unpaired) electrons. The number of aryl methyl sites for hydroxylation is 1. The van der Waals surface area contributed by atoms with E-state index in [0.717, 1.165) is 16.7 Å². The molecule has 0 bridgehead atoms. The fraction of sp³-hybridized carbons (Fsp3) is 0.385. The fourth-order valence-electron chi connectivity index (χ4n) is 6.07. The standard InChI is InChI=1S/C26H25N3O9/c1-12-27-9-21(29(31)32)28(12)24-15-8-18-17(37-11-38-18)7-14(15)22(23-16(24)10-36-26(23)30)13-5-19(33-2)25(35-4)20(6-13)34-3/h5-9,16,22-24H,10-11H2,1-4H3/t16-,22+,23-,24+/m0/s1. The van der Waals surface area contributed by atoms with E-state index in [0.29, 0.717) is 34.6 Å². The first kappa shape index (κ1) is 23.9. The number of cyclic esters (lactones) is 1. The SMILES string of the molecule is COc1cc([C@@H]2c3cc4c(cc3[C@@H](n3c([N+](=O)[O-])cnc3C)[C@H]3COC(=O)[C@H]23)OCO4)cc(OC)c1OC. The van der Waals surface area contributed by atoms with Crippen LogP contribution in [0.25, 0.3) is 0 Å². The van der Waals surface area contributed by atoms with Gasteiger partial charge in [0.2, 0.25) is 12.5 Å². The minimum Gasteiger partial charge on any atom is -0.493 e. The molecular weight excluding hydrogens is 498 g/mol. The zero-order valence-electron chi connectivity index (χ0n) is 21.1. The fourth-order valence-corrected chi connectivity index (χ4v) is 6.07. The van der Waals surface area contributed by atoms with Crippen molar-refractivity contribution in [3.63, 3.8) is 0 Å². The Hall–Kier alpha value is -4.48. The molecule has 12 heteroatoms. The summed E-state index contributed by atoms with van der Waals surface area (Å²) < 4.78 is 35.3. The first-order valence-electron chi connectivity index (χ1n) is 12.0. The maximum absolute atomic E-state index is 13.4. The van der Waals surface area contributed by atoms with Crippen LogP contribution in [0.4, 0.5) is 5.82 Å². The van der Waals surface area contributed by atoms with Crippen molar-refractivity contribution in [2.24, 2.45) is 11.8 Å². The highest BCUT2D eigenvalue weighted by atomic mass is 16.7. The number of benzene rings is 2. The van der Waals surface area contributed by atoms with Crippen molar-refractivity contribution in [1.29, 1.82) is 0 Å². The monoisotopic (exact) mass is 523 g/mol. The summed E-state index contributed by atoms with van der Waals surface area (Å²) in [5.41, 5.74) is 2.26. The topological polar surface area (TPSA) is 133 Å². The van der Waals surface area contributed by atoms with Crippen molar-refractivity contribution < 1.29 is 38.1 Å². The van der Waals surface area contributed by atoms with Gasteiger partial charge in [-0.1, -0.05) is 0 Å². The molecule has 3 aliphatic rings. The second-order valence-electron chi connectivity index (χ2n) is 9.33. The second-order valence-corrected chi connectivity index (χ2v) is 9.33. The van der Waals surface area contributed by atoms with Crippen molar-refractivity contribution in [3.05, 3.63) is 63.1 Å². The van der Waals surface area contributed by atoms with Gasteiger partial charge in [0.15, 0.2) is 28.8 Å². The summed E-state index contributed by atoms with van der Waals surface area (Å²) in [4.78, 5) is 29.1. The van der Waals surface area contributed by atoms with E-state index in [-0.39, 0.29) is 25.2 Å². The smallest absolute Gasteiger partial charge is 0.343 e. The molecule has 2 aliphatic heterocycles. The molecule has 3 heterocycles. The lowest BCUT2D eigenvalue weighted by molar-refractivity contribution is -0.392. The maximum Gasteiger partial charge on any atom is 0.343 e. The van der Waals surface area contributed by atoms with Crippen molar-refractivity contribution in [2.75, 3.05) is 34.7 Å². The molecule has 0 N–H and O–H groups in total. The molecule has 3 aromatic rings. The molecule has 0 saturated carbocycles. The highest BCUT2D eigenvalue weighted by Gasteiger charge is 2.55. The van der Waals surface area contributed by atoms with Crippen molar-refractivity contribution >= 4 is 11.8 Å². The number of ether oxygens (including phenoxy) is 6. The van der Waals surface area contributed by atoms with Crippen molar-refractivity contribution in [2.45, 2.75) is 18.9 Å². The van der Waals surface area contributed by atoms with Crippen LogP contribution in [-0.2, 0) is 9.53 Å². The molecule has 0 spiro atoms. The average molecular weight is 523 g/mol. The third-order valence-corrected chi connectivity index (χ3v) is 7.62. The summed E-state index contributed by atoms with van der Waals surface area (Å²) in [7, 11) is 4.57. The third kappa shape index (κ3) is 3.36. The van der Waals surface area contributed by atoms with Gasteiger partial charge in [-0.2, -0.15) is 0 Å². The van der Waals surface area contributed by atoms with Gasteiger partial charge in [0, 0.05) is 18.4 Å². The van der Waals surface area contributed by atoms with E-state index in [1.54, 1.807) is 11.5 Å². The van der Waals surface area contributed by atoms with Crippen LogP contribution in [-0.4, -0.2) is 55.2 Å². The molecule has 1 fully saturated rings. The van der Waals surface area contributed by atoms with Gasteiger partial charge in [0.1, 0.15) is 12.2 Å². The molecule has 0 amide bonds. The highest BCUT2D eigenvalue weighted by molar-refractivity contribution is 5.79. The summed E-state index contributed by atoms with van der Waals surface area (Å²) in [6.45, 7) is 1.85. The Morgan fingerprint density at radius 2 is 1.66 bits per heavy atom. The largest absolute Gasteiger partial charge is 0.493 e. The van der Waals surface area contributed by atoms with E-state index in [2.05, 4.69) is 4.98 Å². The average Bonchev–Trinajstić information content (AvgIpc) is 3.64. The Labute approximate surface area is 217 Å². The van der Waals surface area contributed by atoms with E-state index in [4.69, 9.17) is 28.4 Å². The minimum absolute atomic E-state index is 0.0525. The number of methoxy groups -OCH3 is 3. The molecule has 12 nitrogen and oxygen atoms in total. The molecule has 1 aromatic heterocycles. The van der Waals surface area contributed by atoms with Crippen LogP contribution in [0.1, 0.15) is 34.5 Å². The van der Waals surface area contributed by atoms with Crippen LogP contribution in [0.5, 0.6) is 28.7 Å². The van der Waals surface area contributed by atoms with Gasteiger partial charge in [-0.25, -0.2) is 9.55 Å². The minimum atomic E-state index is -0.655. The predicted molar refractivity (Wildman–Crippen MR) is 130 cm³/mol. The number of nitrogens with zero attached hydrogens (tertiary/aromatic N) is 3. The van der Waals surface area contributed by atoms with Gasteiger partial charge in [0.05, 0.1) is 39.8 Å². The number of aromatic nitrogens is 2. The number of nitro groups is 1. The molecule has 0 unspecified atom stereocenters. The number of rotatable bonds is 6. The van der Waals surface area contributed by atoms with Gasteiger partial charge >= 0.3 is 11.8 Å². The summed E-state index contributed by atoms with van der Waals surface area (Å²) in [5.74, 6) is 0.690. The van der Waals surface area contributed by atoms with Crippen LogP contribution in [0.2, 0.25) is 0 Å². The van der Waals surface area contributed by atoms with Crippen molar-refractivity contribution in [1.82, 2.24) is 9.55 Å². The predicted octanol–water partition coefficient (Wildman–Crippen LogP) is 3.38. The maximum atomic E-state index is 13.4. The molecule has 6 rings (SSSR count). The molecular formula is C26H25N3O9. The van der Waals surface area contributed by atoms with Crippen LogP contribution < -0.4 is 23.7 Å². The van der Waals surface area contributed by atoms with Crippen LogP contribution in [0, 0.1) is 28.9 Å². The van der Waals surface area contributed by atoms with Crippen LogP contribution in [0.15, 0.2) is 30.5 Å². The molecule has 1 saturated heterocycles. The Morgan fingerprint density at radius 3 is 2.26 bits per heavy atom. The van der Waals surface area contributed by atoms with E-state index in [9.17, 15) is 14.9 Å².